The summed E-state index contributed by atoms with van der Waals surface area (Å²) in [5.41, 5.74) is 1.80. The molecular formula is C18H18FN3O3. The molecule has 2 aromatic rings. The fraction of sp³-hybridized carbons (Fsp3) is 0.278. The average molecular weight is 343 g/mol. The van der Waals surface area contributed by atoms with Gasteiger partial charge in [0.1, 0.15) is 5.82 Å². The van der Waals surface area contributed by atoms with Gasteiger partial charge in [0.05, 0.1) is 16.2 Å². The quantitative estimate of drug-likeness (QED) is 0.675. The topological polar surface area (TPSA) is 75.5 Å². The normalized spacial score (nSPS) is 13.8. The number of nitrogens with one attached hydrogen (secondary N) is 1. The summed E-state index contributed by atoms with van der Waals surface area (Å²) in [6.07, 6.45) is 2.03. The fourth-order valence-corrected chi connectivity index (χ4v) is 2.97. The molecular weight excluding hydrogens is 325 g/mol. The minimum absolute atomic E-state index is 0.149. The summed E-state index contributed by atoms with van der Waals surface area (Å²) in [6.45, 7) is 3.36. The van der Waals surface area contributed by atoms with Crippen molar-refractivity contribution in [2.24, 2.45) is 0 Å². The Morgan fingerprint density at radius 1 is 1.20 bits per heavy atom. The van der Waals surface area contributed by atoms with Gasteiger partial charge in [-0.3, -0.25) is 14.9 Å². The molecule has 130 valence electrons. The number of nitro benzene ring substituents is 1. The van der Waals surface area contributed by atoms with Crippen LogP contribution in [0.2, 0.25) is 0 Å². The van der Waals surface area contributed by atoms with Crippen molar-refractivity contribution in [3.63, 3.8) is 0 Å². The third-order valence-electron chi connectivity index (χ3n) is 4.33. The number of aryl methyl sites for hydroxylation is 1. The van der Waals surface area contributed by atoms with E-state index in [4.69, 9.17) is 0 Å². The number of anilines is 2. The van der Waals surface area contributed by atoms with Crippen LogP contribution in [0.4, 0.5) is 21.5 Å². The third-order valence-corrected chi connectivity index (χ3v) is 4.33. The summed E-state index contributed by atoms with van der Waals surface area (Å²) < 4.78 is 13.4. The van der Waals surface area contributed by atoms with Crippen LogP contribution in [-0.4, -0.2) is 23.9 Å². The number of benzene rings is 2. The van der Waals surface area contributed by atoms with Crippen molar-refractivity contribution in [2.45, 2.75) is 19.8 Å². The Kier molecular flexibility index (Phi) is 4.65. The zero-order chi connectivity index (χ0) is 18.0. The van der Waals surface area contributed by atoms with Gasteiger partial charge in [0.15, 0.2) is 0 Å². The number of carbonyl (C=O) groups excluding carboxylic acids is 1. The maximum atomic E-state index is 13.4. The number of amides is 1. The zero-order valence-corrected chi connectivity index (χ0v) is 13.8. The molecule has 0 aliphatic carbocycles. The van der Waals surface area contributed by atoms with Crippen LogP contribution in [0.1, 0.15) is 28.8 Å². The van der Waals surface area contributed by atoms with Crippen molar-refractivity contribution in [2.75, 3.05) is 23.3 Å². The second-order valence-electron chi connectivity index (χ2n) is 6.07. The maximum Gasteiger partial charge on any atom is 0.270 e. The first-order chi connectivity index (χ1) is 12.0. The Morgan fingerprint density at radius 2 is 1.92 bits per heavy atom. The van der Waals surface area contributed by atoms with Gasteiger partial charge in [-0.1, -0.05) is 6.07 Å². The Bertz CT molecular complexity index is 832. The van der Waals surface area contributed by atoms with Crippen molar-refractivity contribution >= 4 is 23.0 Å². The Labute approximate surface area is 144 Å². The second-order valence-corrected chi connectivity index (χ2v) is 6.07. The van der Waals surface area contributed by atoms with Crippen molar-refractivity contribution in [3.8, 4) is 0 Å². The van der Waals surface area contributed by atoms with E-state index in [0.717, 1.165) is 25.9 Å². The summed E-state index contributed by atoms with van der Waals surface area (Å²) in [7, 11) is 0. The highest BCUT2D eigenvalue weighted by Gasteiger charge is 2.23. The highest BCUT2D eigenvalue weighted by Crippen LogP contribution is 2.29. The van der Waals surface area contributed by atoms with Crippen molar-refractivity contribution in [3.05, 3.63) is 63.5 Å². The molecule has 3 rings (SSSR count). The van der Waals surface area contributed by atoms with Gasteiger partial charge in [-0.05, 0) is 43.5 Å². The molecule has 0 atom stereocenters. The smallest absolute Gasteiger partial charge is 0.270 e. The predicted octanol–water partition coefficient (Wildman–Crippen LogP) is 3.89. The average Bonchev–Trinajstić information content (AvgIpc) is 3.12. The first-order valence-corrected chi connectivity index (χ1v) is 8.06. The van der Waals surface area contributed by atoms with Gasteiger partial charge in [-0.2, -0.15) is 0 Å². The van der Waals surface area contributed by atoms with Crippen LogP contribution in [-0.2, 0) is 0 Å². The van der Waals surface area contributed by atoms with Crippen LogP contribution in [0.25, 0.3) is 0 Å². The van der Waals surface area contributed by atoms with Crippen LogP contribution < -0.4 is 10.2 Å². The molecule has 25 heavy (non-hydrogen) atoms. The van der Waals surface area contributed by atoms with E-state index in [-0.39, 0.29) is 11.3 Å². The predicted molar refractivity (Wildman–Crippen MR) is 93.6 cm³/mol. The Hall–Kier alpha value is -2.96. The van der Waals surface area contributed by atoms with Crippen LogP contribution >= 0.6 is 0 Å². The van der Waals surface area contributed by atoms with Crippen LogP contribution in [0.3, 0.4) is 0 Å². The van der Waals surface area contributed by atoms with E-state index in [1.165, 1.54) is 24.3 Å². The van der Waals surface area contributed by atoms with E-state index in [2.05, 4.69) is 5.32 Å². The molecule has 0 spiro atoms. The molecule has 1 aliphatic rings. The molecule has 0 bridgehead atoms. The largest absolute Gasteiger partial charge is 0.371 e. The molecule has 0 saturated carbocycles. The number of hydrogen-bond acceptors (Lipinski definition) is 4. The Morgan fingerprint density at radius 3 is 2.60 bits per heavy atom. The molecule has 1 amide bonds. The summed E-state index contributed by atoms with van der Waals surface area (Å²) in [5, 5.41) is 13.7. The second kappa shape index (κ2) is 6.88. The lowest BCUT2D eigenvalue weighted by Crippen LogP contribution is -2.23. The number of rotatable bonds is 4. The lowest BCUT2D eigenvalue weighted by Gasteiger charge is -2.21. The number of hydrogen-bond donors (Lipinski definition) is 1. The molecule has 1 fully saturated rings. The molecule has 0 unspecified atom stereocenters. The number of carbonyl (C=O) groups is 1. The fourth-order valence-electron chi connectivity index (χ4n) is 2.97. The summed E-state index contributed by atoms with van der Waals surface area (Å²) in [5.74, 6) is -0.945. The highest BCUT2D eigenvalue weighted by molar-refractivity contribution is 6.09. The van der Waals surface area contributed by atoms with Crippen molar-refractivity contribution in [1.29, 1.82) is 0 Å². The van der Waals surface area contributed by atoms with E-state index in [1.54, 1.807) is 19.1 Å². The summed E-state index contributed by atoms with van der Waals surface area (Å²) >= 11 is 0. The molecule has 1 N–H and O–H groups in total. The first-order valence-electron chi connectivity index (χ1n) is 8.06. The number of nitro groups is 1. The molecule has 2 aromatic carbocycles. The zero-order valence-electron chi connectivity index (χ0n) is 13.8. The van der Waals surface area contributed by atoms with E-state index < -0.39 is 16.6 Å². The lowest BCUT2D eigenvalue weighted by molar-refractivity contribution is -0.384. The van der Waals surface area contributed by atoms with E-state index in [1.807, 2.05) is 4.90 Å². The minimum Gasteiger partial charge on any atom is -0.371 e. The SMILES string of the molecule is Cc1ccc(F)cc1NC(=O)c1cc([N+](=O)[O-])ccc1N1CCCC1. The van der Waals surface area contributed by atoms with Gasteiger partial charge < -0.3 is 10.2 Å². The van der Waals surface area contributed by atoms with Gasteiger partial charge in [-0.15, -0.1) is 0 Å². The first kappa shape index (κ1) is 16.9. The van der Waals surface area contributed by atoms with Gasteiger partial charge in [-0.25, -0.2) is 4.39 Å². The van der Waals surface area contributed by atoms with Gasteiger partial charge in [0.2, 0.25) is 0 Å². The molecule has 1 aliphatic heterocycles. The van der Waals surface area contributed by atoms with Gasteiger partial charge in [0, 0.05) is 30.9 Å². The maximum absolute atomic E-state index is 13.4. The Balaban J connectivity index is 1.97. The van der Waals surface area contributed by atoms with Crippen molar-refractivity contribution < 1.29 is 14.1 Å². The molecule has 6 nitrogen and oxygen atoms in total. The van der Waals surface area contributed by atoms with Crippen LogP contribution in [0, 0.1) is 22.9 Å². The summed E-state index contributed by atoms with van der Waals surface area (Å²) in [6, 6.07) is 8.40. The van der Waals surface area contributed by atoms with Gasteiger partial charge >= 0.3 is 0 Å². The number of nitrogens with zero attached hydrogens (tertiary/aromatic N) is 2. The molecule has 0 radical (unpaired) electrons. The highest BCUT2D eigenvalue weighted by atomic mass is 19.1. The molecule has 1 saturated heterocycles. The molecule has 1 heterocycles. The minimum atomic E-state index is -0.530. The monoisotopic (exact) mass is 343 g/mol. The van der Waals surface area contributed by atoms with Crippen molar-refractivity contribution in [1.82, 2.24) is 0 Å². The molecule has 7 heteroatoms. The van der Waals surface area contributed by atoms with Crippen LogP contribution in [0.15, 0.2) is 36.4 Å². The van der Waals surface area contributed by atoms with E-state index in [0.29, 0.717) is 16.9 Å². The third kappa shape index (κ3) is 3.60. The van der Waals surface area contributed by atoms with E-state index >= 15 is 0 Å². The lowest BCUT2D eigenvalue weighted by atomic mass is 10.1. The summed E-state index contributed by atoms with van der Waals surface area (Å²) in [4.78, 5) is 25.3. The number of non-ortho nitro benzene ring substituents is 1. The number of halogens is 1. The van der Waals surface area contributed by atoms with Gasteiger partial charge in [0.25, 0.3) is 11.6 Å². The standard InChI is InChI=1S/C18H18FN3O3/c1-12-4-5-13(19)10-16(12)20-18(23)15-11-14(22(24)25)6-7-17(15)21-8-2-3-9-21/h4-7,10-11H,2-3,8-9H2,1H3,(H,20,23). The molecule has 0 aromatic heterocycles. The van der Waals surface area contributed by atoms with E-state index in [9.17, 15) is 19.3 Å². The van der Waals surface area contributed by atoms with Crippen LogP contribution in [0.5, 0.6) is 0 Å².